The van der Waals surface area contributed by atoms with Crippen molar-refractivity contribution in [1.82, 2.24) is 25.6 Å². The zero-order valence-electron chi connectivity index (χ0n) is 31.8. The second kappa shape index (κ2) is 16.4. The molecule has 54 heavy (non-hydrogen) atoms. The lowest BCUT2D eigenvalue weighted by Gasteiger charge is -2.49. The van der Waals surface area contributed by atoms with E-state index in [9.17, 15) is 4.39 Å². The molecule has 4 aromatic heterocycles. The van der Waals surface area contributed by atoms with Gasteiger partial charge in [-0.1, -0.05) is 25.0 Å². The zero-order valence-corrected chi connectivity index (χ0v) is 32.6. The minimum atomic E-state index is -0.302. The number of thiophene rings is 1. The van der Waals surface area contributed by atoms with Gasteiger partial charge in [-0.15, -0.1) is 11.3 Å². The second-order valence-electron chi connectivity index (χ2n) is 16.5. The van der Waals surface area contributed by atoms with Crippen LogP contribution in [0.15, 0.2) is 72.6 Å². The third-order valence-electron chi connectivity index (χ3n) is 13.3. The van der Waals surface area contributed by atoms with Crippen molar-refractivity contribution in [2.75, 3.05) is 33.4 Å². The lowest BCUT2D eigenvalue weighted by Crippen LogP contribution is -2.50. The summed E-state index contributed by atoms with van der Waals surface area (Å²) in [7, 11) is 1.75. The van der Waals surface area contributed by atoms with E-state index < -0.39 is 0 Å². The molecule has 288 valence electrons. The number of hydrogen-bond donors (Lipinski definition) is 2. The minimum Gasteiger partial charge on any atom is -0.496 e. The third kappa shape index (κ3) is 7.87. The van der Waals surface area contributed by atoms with Crippen LogP contribution in [0, 0.1) is 5.82 Å². The van der Waals surface area contributed by atoms with E-state index in [4.69, 9.17) is 24.2 Å². The summed E-state index contributed by atoms with van der Waals surface area (Å²) in [6.45, 7) is 4.62. The molecule has 0 amide bonds. The number of ether oxygens (including phenoxy) is 3. The first-order valence-corrected chi connectivity index (χ1v) is 21.1. The maximum Gasteiger partial charge on any atom is 0.141 e. The summed E-state index contributed by atoms with van der Waals surface area (Å²) in [4.78, 5) is 15.6. The molecule has 8 rings (SSSR count). The fourth-order valence-corrected chi connectivity index (χ4v) is 11.4. The molecule has 4 atom stereocenters. The molecule has 2 saturated carbocycles. The first kappa shape index (κ1) is 37.6. The van der Waals surface area contributed by atoms with E-state index in [1.807, 2.05) is 12.3 Å². The predicted octanol–water partition coefficient (Wildman–Crippen LogP) is 8.56. The Hall–Kier alpha value is -3.28. The Bertz CT molecular complexity index is 1820. The molecule has 2 N–H and O–H groups in total. The van der Waals surface area contributed by atoms with Crippen molar-refractivity contribution in [1.29, 1.82) is 0 Å². The van der Waals surface area contributed by atoms with Crippen LogP contribution in [-0.4, -0.2) is 59.6 Å². The van der Waals surface area contributed by atoms with Gasteiger partial charge in [0.15, 0.2) is 0 Å². The highest BCUT2D eigenvalue weighted by Gasteiger charge is 2.54. The van der Waals surface area contributed by atoms with Gasteiger partial charge in [0.05, 0.1) is 29.4 Å². The fourth-order valence-electron chi connectivity index (χ4n) is 10.6. The zero-order chi connectivity index (χ0) is 36.9. The number of nitrogens with zero attached hydrogens (tertiary/aromatic N) is 3. The number of hydrogen-bond acceptors (Lipinski definition) is 9. The first-order chi connectivity index (χ1) is 26.4. The average Bonchev–Trinajstić information content (AvgIpc) is 3.96. The Kier molecular flexibility index (Phi) is 11.5. The topological polar surface area (TPSA) is 90.4 Å². The van der Waals surface area contributed by atoms with Crippen LogP contribution in [0.25, 0.3) is 0 Å². The molecule has 2 spiro atoms. The van der Waals surface area contributed by atoms with Crippen molar-refractivity contribution in [3.8, 4) is 5.75 Å². The molecule has 4 aromatic rings. The molecular weight excluding hydrogens is 698 g/mol. The summed E-state index contributed by atoms with van der Waals surface area (Å²) < 4.78 is 32.9. The lowest BCUT2D eigenvalue weighted by molar-refractivity contribution is -0.114. The number of nitrogens with one attached hydrogen (secondary N) is 2. The van der Waals surface area contributed by atoms with Gasteiger partial charge in [-0.25, -0.2) is 4.39 Å². The molecule has 2 saturated heterocycles. The van der Waals surface area contributed by atoms with Gasteiger partial charge < -0.3 is 24.8 Å². The molecule has 4 aliphatic rings. The highest BCUT2D eigenvalue weighted by Crippen LogP contribution is 2.56. The van der Waals surface area contributed by atoms with Crippen LogP contribution in [-0.2, 0) is 33.4 Å². The molecule has 4 fully saturated rings. The van der Waals surface area contributed by atoms with E-state index >= 15 is 0 Å². The largest absolute Gasteiger partial charge is 0.496 e. The minimum absolute atomic E-state index is 0.0150. The SMILES string of the molecule is COc1ccsc1CNCCC1(c2ccc(C3CCCC34CC(CCNCc3cncc(F)c3)(c3ccccn3)CCO4)cn2)CCOC2(CCCC2)C1. The van der Waals surface area contributed by atoms with E-state index in [0.717, 1.165) is 114 Å². The van der Waals surface area contributed by atoms with Crippen LogP contribution in [0.1, 0.15) is 117 Å². The monoisotopic (exact) mass is 753 g/mol. The maximum absolute atomic E-state index is 13.8. The second-order valence-corrected chi connectivity index (χ2v) is 17.5. The molecule has 0 bridgehead atoms. The van der Waals surface area contributed by atoms with Gasteiger partial charge in [0.1, 0.15) is 11.6 Å². The summed E-state index contributed by atoms with van der Waals surface area (Å²) in [5.74, 6) is 0.946. The Balaban J connectivity index is 1.01. The summed E-state index contributed by atoms with van der Waals surface area (Å²) >= 11 is 1.75. The van der Waals surface area contributed by atoms with Crippen molar-refractivity contribution in [3.05, 3.63) is 106 Å². The van der Waals surface area contributed by atoms with Crippen molar-refractivity contribution >= 4 is 11.3 Å². The van der Waals surface area contributed by atoms with Crippen molar-refractivity contribution < 1.29 is 18.6 Å². The van der Waals surface area contributed by atoms with E-state index in [-0.39, 0.29) is 33.8 Å². The highest BCUT2D eigenvalue weighted by molar-refractivity contribution is 7.10. The number of pyridine rings is 3. The quantitative estimate of drug-likeness (QED) is 0.124. The Morgan fingerprint density at radius 1 is 0.833 bits per heavy atom. The maximum atomic E-state index is 13.8. The fraction of sp³-hybridized carbons (Fsp3) is 0.568. The van der Waals surface area contributed by atoms with Gasteiger partial charge in [0, 0.05) is 73.0 Å². The van der Waals surface area contributed by atoms with Gasteiger partial charge in [-0.05, 0) is 131 Å². The van der Waals surface area contributed by atoms with Crippen LogP contribution >= 0.6 is 11.3 Å². The van der Waals surface area contributed by atoms with Crippen molar-refractivity contribution in [2.24, 2.45) is 0 Å². The van der Waals surface area contributed by atoms with Crippen molar-refractivity contribution in [2.45, 2.75) is 125 Å². The van der Waals surface area contributed by atoms with E-state index in [2.05, 4.69) is 57.5 Å². The van der Waals surface area contributed by atoms with Gasteiger partial charge in [-0.3, -0.25) is 15.0 Å². The van der Waals surface area contributed by atoms with Crippen LogP contribution in [0.2, 0.25) is 0 Å². The lowest BCUT2D eigenvalue weighted by atomic mass is 9.65. The van der Waals surface area contributed by atoms with Gasteiger partial charge in [-0.2, -0.15) is 0 Å². The van der Waals surface area contributed by atoms with Crippen LogP contribution in [0.5, 0.6) is 5.75 Å². The van der Waals surface area contributed by atoms with Gasteiger partial charge in [0.2, 0.25) is 0 Å². The first-order valence-electron chi connectivity index (χ1n) is 20.2. The molecule has 8 nitrogen and oxygen atoms in total. The molecule has 2 aliphatic heterocycles. The Morgan fingerprint density at radius 3 is 2.39 bits per heavy atom. The number of halogens is 1. The van der Waals surface area contributed by atoms with Gasteiger partial charge >= 0.3 is 0 Å². The summed E-state index contributed by atoms with van der Waals surface area (Å²) in [5.41, 5.74) is 4.10. The van der Waals surface area contributed by atoms with Crippen molar-refractivity contribution in [3.63, 3.8) is 0 Å². The summed E-state index contributed by atoms with van der Waals surface area (Å²) in [6, 6.07) is 14.7. The number of rotatable bonds is 14. The van der Waals surface area contributed by atoms with E-state index in [1.165, 1.54) is 35.2 Å². The molecule has 6 heterocycles. The smallest absolute Gasteiger partial charge is 0.141 e. The van der Waals surface area contributed by atoms with Crippen LogP contribution in [0.3, 0.4) is 0 Å². The molecule has 4 unspecified atom stereocenters. The van der Waals surface area contributed by atoms with E-state index in [1.54, 1.807) is 30.7 Å². The van der Waals surface area contributed by atoms with E-state index in [0.29, 0.717) is 13.2 Å². The highest BCUT2D eigenvalue weighted by atomic mass is 32.1. The molecule has 10 heteroatoms. The Labute approximate surface area is 324 Å². The number of aromatic nitrogens is 3. The number of methoxy groups -OCH3 is 1. The van der Waals surface area contributed by atoms with Crippen LogP contribution < -0.4 is 15.4 Å². The van der Waals surface area contributed by atoms with Crippen LogP contribution in [0.4, 0.5) is 4.39 Å². The summed E-state index contributed by atoms with van der Waals surface area (Å²) in [5, 5.41) is 9.42. The molecular formula is C44H56FN5O3S. The summed E-state index contributed by atoms with van der Waals surface area (Å²) in [6.07, 6.45) is 21.1. The predicted molar refractivity (Wildman–Crippen MR) is 210 cm³/mol. The average molecular weight is 754 g/mol. The molecule has 2 aliphatic carbocycles. The Morgan fingerprint density at radius 2 is 1.63 bits per heavy atom. The molecule has 0 aromatic carbocycles. The standard InChI is InChI=1S/C44H56FN5O3S/c1-51-37-11-24-54-38(37)30-47-21-15-41(17-22-52-43(31-41)12-3-4-13-43)40-10-9-34(28-50-40)36-7-6-14-44(36)32-42(18-23-53-44,39-8-2-5-19-49-39)16-20-46-26-33-25-35(45)29-48-27-33/h2,5,8-11,19,24-25,27-29,36,46-47H,3-4,6-7,12-18,20-23,26,30-32H2,1H3. The molecule has 0 radical (unpaired) electrons. The van der Waals surface area contributed by atoms with Gasteiger partial charge in [0.25, 0.3) is 0 Å². The third-order valence-corrected chi connectivity index (χ3v) is 14.2. The normalized spacial score (nSPS) is 27.9.